The molecule has 0 saturated carbocycles. The van der Waals surface area contributed by atoms with Crippen molar-refractivity contribution in [2.24, 2.45) is 0 Å². The summed E-state index contributed by atoms with van der Waals surface area (Å²) < 4.78 is 5.29. The second-order valence-electron chi connectivity index (χ2n) is 4.69. The van der Waals surface area contributed by atoms with E-state index in [0.717, 1.165) is 18.4 Å². The fourth-order valence-corrected chi connectivity index (χ4v) is 2.59. The molecule has 0 bridgehead atoms. The first-order chi connectivity index (χ1) is 9.22. The summed E-state index contributed by atoms with van der Waals surface area (Å²) in [7, 11) is 0. The van der Waals surface area contributed by atoms with Crippen molar-refractivity contribution < 1.29 is 14.6 Å². The monoisotopic (exact) mass is 281 g/mol. The topological polar surface area (TPSA) is 49.8 Å². The zero-order chi connectivity index (χ0) is 13.7. The molecule has 104 valence electrons. The first kappa shape index (κ1) is 14.2. The largest absolute Gasteiger partial charge is 0.445 e. The summed E-state index contributed by atoms with van der Waals surface area (Å²) >= 11 is 4.08. The van der Waals surface area contributed by atoms with Gasteiger partial charge in [-0.25, -0.2) is 4.79 Å². The minimum absolute atomic E-state index is 0.166. The molecule has 1 heterocycles. The Bertz CT molecular complexity index is 412. The number of carbonyl (C=O) groups is 1. The van der Waals surface area contributed by atoms with Crippen molar-refractivity contribution in [2.45, 2.75) is 31.6 Å². The molecule has 5 heteroatoms. The fraction of sp³-hybridized carbons (Fsp3) is 0.500. The van der Waals surface area contributed by atoms with Crippen molar-refractivity contribution >= 4 is 18.7 Å². The molecule has 0 aliphatic carbocycles. The van der Waals surface area contributed by atoms with Crippen LogP contribution in [0, 0.1) is 0 Å². The van der Waals surface area contributed by atoms with E-state index in [4.69, 9.17) is 4.74 Å². The van der Waals surface area contributed by atoms with Gasteiger partial charge in [0.1, 0.15) is 6.61 Å². The lowest BCUT2D eigenvalue weighted by atomic mass is 10.1. The maximum atomic E-state index is 12.0. The molecule has 1 aliphatic heterocycles. The number of benzene rings is 1. The Morgan fingerprint density at radius 1 is 1.47 bits per heavy atom. The molecule has 0 radical (unpaired) electrons. The fourth-order valence-electron chi connectivity index (χ4n) is 2.34. The van der Waals surface area contributed by atoms with Gasteiger partial charge in [0.25, 0.3) is 0 Å². The molecular weight excluding hydrogens is 262 g/mol. The van der Waals surface area contributed by atoms with Crippen LogP contribution in [0.1, 0.15) is 18.4 Å². The lowest BCUT2D eigenvalue weighted by Gasteiger charge is -2.27. The summed E-state index contributed by atoms with van der Waals surface area (Å²) in [5.74, 6) is 0.354. The van der Waals surface area contributed by atoms with Crippen LogP contribution in [0.3, 0.4) is 0 Å². The lowest BCUT2D eigenvalue weighted by Crippen LogP contribution is -2.43. The quantitative estimate of drug-likeness (QED) is 0.831. The van der Waals surface area contributed by atoms with Crippen LogP contribution in [0.25, 0.3) is 0 Å². The molecule has 1 fully saturated rings. The molecule has 0 unspecified atom stereocenters. The molecule has 19 heavy (non-hydrogen) atoms. The molecule has 2 atom stereocenters. The summed E-state index contributed by atoms with van der Waals surface area (Å²) in [6.45, 7) is 0.906. The van der Waals surface area contributed by atoms with Gasteiger partial charge in [-0.2, -0.15) is 12.6 Å². The standard InChI is InChI=1S/C14H19NO3S/c16-13(10-19)12-7-4-8-15(12)14(17)18-9-11-5-2-1-3-6-11/h1-3,5-6,12-13,16,19H,4,7-10H2/t12-,13-/m1/s1. The number of ether oxygens (including phenoxy) is 1. The van der Waals surface area contributed by atoms with E-state index in [1.807, 2.05) is 30.3 Å². The van der Waals surface area contributed by atoms with E-state index in [2.05, 4.69) is 12.6 Å². The molecular formula is C14H19NO3S. The van der Waals surface area contributed by atoms with E-state index in [-0.39, 0.29) is 18.7 Å². The predicted octanol–water partition coefficient (Wildman–Crippen LogP) is 2.08. The Labute approximate surface area is 118 Å². The highest BCUT2D eigenvalue weighted by molar-refractivity contribution is 7.80. The van der Waals surface area contributed by atoms with Crippen molar-refractivity contribution in [3.05, 3.63) is 35.9 Å². The lowest BCUT2D eigenvalue weighted by molar-refractivity contribution is 0.0569. The van der Waals surface area contributed by atoms with Gasteiger partial charge in [-0.05, 0) is 18.4 Å². The molecule has 0 spiro atoms. The number of hydrogen-bond acceptors (Lipinski definition) is 4. The predicted molar refractivity (Wildman–Crippen MR) is 76.2 cm³/mol. The number of thiol groups is 1. The average Bonchev–Trinajstić information content (AvgIpc) is 2.94. The van der Waals surface area contributed by atoms with Crippen LogP contribution in [0.5, 0.6) is 0 Å². The van der Waals surface area contributed by atoms with E-state index >= 15 is 0 Å². The van der Waals surface area contributed by atoms with E-state index in [1.54, 1.807) is 4.90 Å². The average molecular weight is 281 g/mol. The molecule has 0 aromatic heterocycles. The van der Waals surface area contributed by atoms with Crippen LogP contribution in [0.4, 0.5) is 4.79 Å². The smallest absolute Gasteiger partial charge is 0.410 e. The van der Waals surface area contributed by atoms with Crippen LogP contribution < -0.4 is 0 Å². The number of aliphatic hydroxyl groups excluding tert-OH is 1. The Morgan fingerprint density at radius 2 is 2.21 bits per heavy atom. The second-order valence-corrected chi connectivity index (χ2v) is 5.06. The number of hydrogen-bond donors (Lipinski definition) is 2. The van der Waals surface area contributed by atoms with Crippen LogP contribution >= 0.6 is 12.6 Å². The van der Waals surface area contributed by atoms with Crippen molar-refractivity contribution in [1.29, 1.82) is 0 Å². The van der Waals surface area contributed by atoms with Gasteiger partial charge in [0.05, 0.1) is 12.1 Å². The molecule has 1 saturated heterocycles. The number of nitrogens with zero attached hydrogens (tertiary/aromatic N) is 1. The molecule has 1 amide bonds. The van der Waals surface area contributed by atoms with E-state index < -0.39 is 6.10 Å². The van der Waals surface area contributed by atoms with Crippen molar-refractivity contribution in [3.63, 3.8) is 0 Å². The van der Waals surface area contributed by atoms with Gasteiger partial charge in [0, 0.05) is 12.3 Å². The van der Waals surface area contributed by atoms with E-state index in [0.29, 0.717) is 12.3 Å². The third-order valence-electron chi connectivity index (χ3n) is 3.37. The highest BCUT2D eigenvalue weighted by Crippen LogP contribution is 2.22. The molecule has 1 aliphatic rings. The van der Waals surface area contributed by atoms with Gasteiger partial charge in [-0.3, -0.25) is 0 Å². The SMILES string of the molecule is O=C(OCc1ccccc1)N1CCC[C@@H]1[C@H](O)CS. The van der Waals surface area contributed by atoms with Gasteiger partial charge in [0.2, 0.25) is 0 Å². The molecule has 4 nitrogen and oxygen atoms in total. The highest BCUT2D eigenvalue weighted by Gasteiger charge is 2.34. The van der Waals surface area contributed by atoms with Gasteiger partial charge in [-0.1, -0.05) is 30.3 Å². The summed E-state index contributed by atoms with van der Waals surface area (Å²) in [5.41, 5.74) is 0.960. The van der Waals surface area contributed by atoms with E-state index in [9.17, 15) is 9.90 Å². The third kappa shape index (κ3) is 3.64. The van der Waals surface area contributed by atoms with Crippen LogP contribution in [0.15, 0.2) is 30.3 Å². The number of amides is 1. The highest BCUT2D eigenvalue weighted by atomic mass is 32.1. The maximum absolute atomic E-state index is 12.0. The third-order valence-corrected chi connectivity index (χ3v) is 3.74. The van der Waals surface area contributed by atoms with Crippen LogP contribution in [0.2, 0.25) is 0 Å². The molecule has 1 N–H and O–H groups in total. The zero-order valence-corrected chi connectivity index (χ0v) is 11.6. The van der Waals surface area contributed by atoms with Crippen molar-refractivity contribution in [3.8, 4) is 0 Å². The van der Waals surface area contributed by atoms with E-state index in [1.165, 1.54) is 0 Å². The first-order valence-electron chi connectivity index (χ1n) is 6.48. The number of carbonyl (C=O) groups excluding carboxylic acids is 1. The Kier molecular flexibility index (Phi) is 5.10. The van der Waals surface area contributed by atoms with Gasteiger partial charge >= 0.3 is 6.09 Å². The Morgan fingerprint density at radius 3 is 2.89 bits per heavy atom. The van der Waals surface area contributed by atoms with Gasteiger partial charge < -0.3 is 14.7 Å². The van der Waals surface area contributed by atoms with Crippen LogP contribution in [-0.2, 0) is 11.3 Å². The van der Waals surface area contributed by atoms with Gasteiger partial charge in [-0.15, -0.1) is 0 Å². The first-order valence-corrected chi connectivity index (χ1v) is 7.12. The summed E-state index contributed by atoms with van der Waals surface area (Å²) in [6, 6.07) is 9.40. The number of aliphatic hydroxyl groups is 1. The Hall–Kier alpha value is -1.20. The van der Waals surface area contributed by atoms with Crippen LogP contribution in [-0.4, -0.2) is 40.5 Å². The summed E-state index contributed by atoms with van der Waals surface area (Å²) in [4.78, 5) is 13.6. The van der Waals surface area contributed by atoms with Crippen molar-refractivity contribution in [2.75, 3.05) is 12.3 Å². The summed E-state index contributed by atoms with van der Waals surface area (Å²) in [6.07, 6.45) is 0.764. The summed E-state index contributed by atoms with van der Waals surface area (Å²) in [5, 5.41) is 9.84. The molecule has 2 rings (SSSR count). The maximum Gasteiger partial charge on any atom is 0.410 e. The normalized spacial score (nSPS) is 20.3. The molecule has 1 aromatic carbocycles. The second kappa shape index (κ2) is 6.82. The number of likely N-dealkylation sites (tertiary alicyclic amines) is 1. The Balaban J connectivity index is 1.89. The van der Waals surface area contributed by atoms with Crippen molar-refractivity contribution in [1.82, 2.24) is 4.90 Å². The number of rotatable bonds is 4. The minimum atomic E-state index is -0.588. The minimum Gasteiger partial charge on any atom is -0.445 e. The van der Waals surface area contributed by atoms with Gasteiger partial charge in [0.15, 0.2) is 0 Å². The molecule has 1 aromatic rings. The zero-order valence-electron chi connectivity index (χ0n) is 10.7.